The van der Waals surface area contributed by atoms with E-state index in [0.717, 1.165) is 5.41 Å². The molecule has 4 nitrogen and oxygen atoms in total. The Kier molecular flexibility index (Phi) is 4.92. The summed E-state index contributed by atoms with van der Waals surface area (Å²) in [5.74, 6) is -0.818. The molecule has 1 aliphatic rings. The van der Waals surface area contributed by atoms with Crippen LogP contribution in [-0.2, 0) is 21.1 Å². The van der Waals surface area contributed by atoms with Crippen LogP contribution >= 0.6 is 11.6 Å². The number of nitrogens with zero attached hydrogens (tertiary/aromatic N) is 1. The highest BCUT2D eigenvalue weighted by molar-refractivity contribution is 7.94. The van der Waals surface area contributed by atoms with E-state index in [1.807, 2.05) is 0 Å². The van der Waals surface area contributed by atoms with Gasteiger partial charge in [-0.1, -0.05) is 23.7 Å². The second kappa shape index (κ2) is 6.98. The van der Waals surface area contributed by atoms with Crippen LogP contribution in [0, 0.1) is 5.82 Å². The van der Waals surface area contributed by atoms with E-state index in [1.165, 1.54) is 35.2 Å². The molecule has 1 amide bonds. The summed E-state index contributed by atoms with van der Waals surface area (Å²) >= 11 is 5.90. The number of carbonyl (C=O) groups is 1. The number of sulfone groups is 1. The molecule has 7 heteroatoms. The van der Waals surface area contributed by atoms with Crippen LogP contribution in [0.1, 0.15) is 5.56 Å². The minimum Gasteiger partial charge on any atom is -0.304 e. The Morgan fingerprint density at radius 2 is 1.76 bits per heavy atom. The van der Waals surface area contributed by atoms with Gasteiger partial charge >= 0.3 is 0 Å². The van der Waals surface area contributed by atoms with E-state index in [9.17, 15) is 17.6 Å². The minimum absolute atomic E-state index is 0.0350. The molecule has 0 aromatic heterocycles. The van der Waals surface area contributed by atoms with Gasteiger partial charge in [-0.05, 0) is 48.0 Å². The zero-order valence-corrected chi connectivity index (χ0v) is 14.7. The summed E-state index contributed by atoms with van der Waals surface area (Å²) < 4.78 is 36.6. The molecule has 0 saturated carbocycles. The molecule has 0 spiro atoms. The molecule has 2 aromatic rings. The molecule has 1 heterocycles. The van der Waals surface area contributed by atoms with Crippen LogP contribution in [0.4, 0.5) is 10.1 Å². The molecule has 130 valence electrons. The Labute approximate surface area is 150 Å². The van der Waals surface area contributed by atoms with Crippen molar-refractivity contribution in [3.8, 4) is 0 Å². The summed E-state index contributed by atoms with van der Waals surface area (Å²) in [5.41, 5.74) is 1.21. The van der Waals surface area contributed by atoms with E-state index in [4.69, 9.17) is 11.6 Å². The third-order valence-electron chi connectivity index (χ3n) is 3.88. The van der Waals surface area contributed by atoms with E-state index in [0.29, 0.717) is 16.3 Å². The molecule has 0 N–H and O–H groups in total. The Balaban J connectivity index is 1.90. The average Bonchev–Trinajstić information content (AvgIpc) is 2.91. The highest BCUT2D eigenvalue weighted by Crippen LogP contribution is 2.25. The lowest BCUT2D eigenvalue weighted by Gasteiger charge is -2.28. The molecule has 3 rings (SSSR count). The van der Waals surface area contributed by atoms with Crippen LogP contribution in [0.3, 0.4) is 0 Å². The normalized spacial score (nSPS) is 18.2. The van der Waals surface area contributed by atoms with Gasteiger partial charge in [0.05, 0.1) is 18.2 Å². The SMILES string of the molecule is O=C(Cc1ccc(F)cc1)N(c1ccc(Cl)cc1)C1C=CS(=O)(=O)C1. The predicted molar refractivity (Wildman–Crippen MR) is 95.8 cm³/mol. The second-order valence-electron chi connectivity index (χ2n) is 5.77. The van der Waals surface area contributed by atoms with Gasteiger partial charge in [-0.2, -0.15) is 0 Å². The lowest BCUT2D eigenvalue weighted by atomic mass is 10.1. The van der Waals surface area contributed by atoms with Crippen LogP contribution in [0.5, 0.6) is 0 Å². The van der Waals surface area contributed by atoms with Crippen molar-refractivity contribution in [2.24, 2.45) is 0 Å². The first-order valence-electron chi connectivity index (χ1n) is 7.57. The first kappa shape index (κ1) is 17.6. The standard InChI is InChI=1S/C18H15ClFNO3S/c19-14-3-7-16(8-4-14)21(17-9-10-25(23,24)12-17)18(22)11-13-1-5-15(20)6-2-13/h1-10,17H,11-12H2. The van der Waals surface area contributed by atoms with Crippen molar-refractivity contribution in [3.63, 3.8) is 0 Å². The highest BCUT2D eigenvalue weighted by atomic mass is 35.5. The van der Waals surface area contributed by atoms with Gasteiger partial charge in [0.2, 0.25) is 5.91 Å². The van der Waals surface area contributed by atoms with Gasteiger partial charge < -0.3 is 4.90 Å². The second-order valence-corrected chi connectivity index (χ2v) is 8.14. The Bertz CT molecular complexity index is 908. The fraction of sp³-hybridized carbons (Fsp3) is 0.167. The van der Waals surface area contributed by atoms with Gasteiger partial charge in [-0.3, -0.25) is 4.79 Å². The maximum atomic E-state index is 13.0. The smallest absolute Gasteiger partial charge is 0.231 e. The molecule has 0 bridgehead atoms. The van der Waals surface area contributed by atoms with Crippen LogP contribution in [0.25, 0.3) is 0 Å². The molecular formula is C18H15ClFNO3S. The van der Waals surface area contributed by atoms with Crippen molar-refractivity contribution in [1.82, 2.24) is 0 Å². The summed E-state index contributed by atoms with van der Waals surface area (Å²) in [6.07, 6.45) is 1.54. The number of hydrogen-bond donors (Lipinski definition) is 0. The van der Waals surface area contributed by atoms with Crippen LogP contribution in [-0.4, -0.2) is 26.1 Å². The fourth-order valence-corrected chi connectivity index (χ4v) is 4.10. The summed E-state index contributed by atoms with van der Waals surface area (Å²) in [7, 11) is -3.32. The summed E-state index contributed by atoms with van der Waals surface area (Å²) in [6.45, 7) is 0. The van der Waals surface area contributed by atoms with E-state index in [2.05, 4.69) is 0 Å². The monoisotopic (exact) mass is 379 g/mol. The lowest BCUT2D eigenvalue weighted by Crippen LogP contribution is -2.42. The van der Waals surface area contributed by atoms with Gasteiger partial charge in [0.15, 0.2) is 9.84 Å². The van der Waals surface area contributed by atoms with Gasteiger partial charge in [0.1, 0.15) is 5.82 Å². The van der Waals surface area contributed by atoms with Gasteiger partial charge in [-0.25, -0.2) is 12.8 Å². The Hall–Kier alpha value is -2.18. The van der Waals surface area contributed by atoms with Crippen LogP contribution in [0.15, 0.2) is 60.0 Å². The van der Waals surface area contributed by atoms with E-state index >= 15 is 0 Å². The first-order valence-corrected chi connectivity index (χ1v) is 9.66. The average molecular weight is 380 g/mol. The molecule has 0 saturated heterocycles. The van der Waals surface area contributed by atoms with Crippen LogP contribution in [0.2, 0.25) is 5.02 Å². The largest absolute Gasteiger partial charge is 0.304 e. The van der Waals surface area contributed by atoms with Crippen molar-refractivity contribution in [2.75, 3.05) is 10.7 Å². The third-order valence-corrected chi connectivity index (χ3v) is 5.51. The molecule has 1 aliphatic heterocycles. The molecule has 25 heavy (non-hydrogen) atoms. The Morgan fingerprint density at radius 1 is 1.12 bits per heavy atom. The number of benzene rings is 2. The molecule has 0 aliphatic carbocycles. The quantitative estimate of drug-likeness (QED) is 0.818. The topological polar surface area (TPSA) is 54.5 Å². The molecule has 1 unspecified atom stereocenters. The van der Waals surface area contributed by atoms with E-state index in [1.54, 1.807) is 24.3 Å². The summed E-state index contributed by atoms with van der Waals surface area (Å²) in [6, 6.07) is 11.7. The zero-order valence-electron chi connectivity index (χ0n) is 13.1. The van der Waals surface area contributed by atoms with Crippen molar-refractivity contribution < 1.29 is 17.6 Å². The molecular weight excluding hydrogens is 365 g/mol. The van der Waals surface area contributed by atoms with Gasteiger partial charge in [-0.15, -0.1) is 0 Å². The van der Waals surface area contributed by atoms with E-state index < -0.39 is 15.9 Å². The summed E-state index contributed by atoms with van der Waals surface area (Å²) in [5, 5.41) is 1.65. The number of halogens is 2. The lowest BCUT2D eigenvalue weighted by molar-refractivity contribution is -0.118. The van der Waals surface area contributed by atoms with Crippen molar-refractivity contribution in [2.45, 2.75) is 12.5 Å². The van der Waals surface area contributed by atoms with E-state index in [-0.39, 0.29) is 23.9 Å². The molecule has 0 radical (unpaired) electrons. The van der Waals surface area contributed by atoms with Gasteiger partial charge in [0, 0.05) is 16.1 Å². The Morgan fingerprint density at radius 3 is 2.32 bits per heavy atom. The number of amides is 1. The maximum absolute atomic E-state index is 13.0. The predicted octanol–water partition coefficient (Wildman–Crippen LogP) is 3.37. The first-order chi connectivity index (χ1) is 11.8. The molecule has 1 atom stereocenters. The maximum Gasteiger partial charge on any atom is 0.231 e. The van der Waals surface area contributed by atoms with Gasteiger partial charge in [0.25, 0.3) is 0 Å². The number of rotatable bonds is 4. The molecule has 2 aromatic carbocycles. The van der Waals surface area contributed by atoms with Crippen molar-refractivity contribution >= 4 is 33.0 Å². The fourth-order valence-electron chi connectivity index (χ4n) is 2.70. The minimum atomic E-state index is -3.32. The third kappa shape index (κ3) is 4.27. The zero-order chi connectivity index (χ0) is 18.0. The number of anilines is 1. The molecule has 0 fully saturated rings. The number of carbonyl (C=O) groups excluding carboxylic acids is 1. The van der Waals surface area contributed by atoms with Crippen LogP contribution < -0.4 is 4.90 Å². The van der Waals surface area contributed by atoms with Crippen molar-refractivity contribution in [1.29, 1.82) is 0 Å². The van der Waals surface area contributed by atoms with Crippen molar-refractivity contribution in [3.05, 3.63) is 76.4 Å². The summed E-state index contributed by atoms with van der Waals surface area (Å²) in [4.78, 5) is 14.3. The number of hydrogen-bond acceptors (Lipinski definition) is 3. The highest BCUT2D eigenvalue weighted by Gasteiger charge is 2.31.